The van der Waals surface area contributed by atoms with Crippen LogP contribution in [-0.2, 0) is 0 Å². The lowest BCUT2D eigenvalue weighted by atomic mass is 10.1. The molecule has 0 saturated heterocycles. The lowest BCUT2D eigenvalue weighted by Crippen LogP contribution is -1.94. The highest BCUT2D eigenvalue weighted by Gasteiger charge is 2.18. The van der Waals surface area contributed by atoms with Crippen LogP contribution in [-0.4, -0.2) is 17.3 Å². The second-order valence-corrected chi connectivity index (χ2v) is 5.21. The second kappa shape index (κ2) is 4.96. The van der Waals surface area contributed by atoms with Crippen molar-refractivity contribution in [2.24, 2.45) is 0 Å². The molecule has 2 aromatic heterocycles. The summed E-state index contributed by atoms with van der Waals surface area (Å²) in [5.74, 6) is -0.579. The van der Waals surface area contributed by atoms with E-state index >= 15 is 0 Å². The van der Waals surface area contributed by atoms with E-state index in [1.54, 1.807) is 0 Å². The first-order chi connectivity index (χ1) is 9.61. The largest absolute Gasteiger partial charge is 0.496 e. The Morgan fingerprint density at radius 3 is 2.80 bits per heavy atom. The number of ether oxygens (including phenoxy) is 1. The summed E-state index contributed by atoms with van der Waals surface area (Å²) in [4.78, 5) is 0. The molecule has 0 N–H and O–H groups in total. The minimum absolute atomic E-state index is 0.00331. The quantitative estimate of drug-likeness (QED) is 0.707. The zero-order valence-corrected chi connectivity index (χ0v) is 11.7. The van der Waals surface area contributed by atoms with Gasteiger partial charge in [-0.15, -0.1) is 21.5 Å². The monoisotopic (exact) mass is 312 g/mol. The third-order valence-electron chi connectivity index (χ3n) is 2.82. The molecule has 0 atom stereocenters. The van der Waals surface area contributed by atoms with Crippen LogP contribution < -0.4 is 4.74 Å². The second-order valence-electron chi connectivity index (χ2n) is 3.97. The number of benzene rings is 1. The fourth-order valence-corrected chi connectivity index (χ4v) is 3.12. The van der Waals surface area contributed by atoms with Crippen molar-refractivity contribution in [1.82, 2.24) is 10.2 Å². The molecule has 0 radical (unpaired) electrons. The number of aromatic nitrogens is 2. The number of fused-ring (bicyclic) bond motifs is 1. The minimum Gasteiger partial charge on any atom is -0.496 e. The third kappa shape index (κ3) is 2.01. The topological polar surface area (TPSA) is 35.0 Å². The molecule has 0 amide bonds. The fourth-order valence-electron chi connectivity index (χ4n) is 1.93. The van der Waals surface area contributed by atoms with Crippen molar-refractivity contribution in [1.29, 1.82) is 0 Å². The van der Waals surface area contributed by atoms with Gasteiger partial charge in [-0.3, -0.25) is 0 Å². The van der Waals surface area contributed by atoms with E-state index in [0.717, 1.165) is 11.3 Å². The molecule has 0 saturated carbocycles. The van der Waals surface area contributed by atoms with E-state index in [4.69, 9.17) is 16.3 Å². The molecule has 20 heavy (non-hydrogen) atoms. The molecule has 0 aliphatic carbocycles. The Balaban J connectivity index is 2.33. The zero-order chi connectivity index (χ0) is 14.3. The number of methoxy groups -OCH3 is 1. The van der Waals surface area contributed by atoms with Crippen LogP contribution >= 0.6 is 22.9 Å². The zero-order valence-electron chi connectivity index (χ0n) is 10.2. The number of halogens is 3. The average molecular weight is 313 g/mol. The highest BCUT2D eigenvalue weighted by molar-refractivity contribution is 7.17. The summed E-state index contributed by atoms with van der Waals surface area (Å²) in [7, 11) is 1.42. The van der Waals surface area contributed by atoms with Crippen molar-refractivity contribution in [3.8, 4) is 17.0 Å². The van der Waals surface area contributed by atoms with E-state index in [9.17, 15) is 8.78 Å². The lowest BCUT2D eigenvalue weighted by Gasteiger charge is -2.08. The standard InChI is InChI=1S/C13H7ClF2N2OS/c1-19-9-4-6(15)2-3-7(9)11-12-10(8(16)5-20-12)13(14)18-17-11/h2-5H,1H3. The molecule has 0 bridgehead atoms. The van der Waals surface area contributed by atoms with Crippen LogP contribution in [0.3, 0.4) is 0 Å². The van der Waals surface area contributed by atoms with E-state index in [0.29, 0.717) is 21.7 Å². The van der Waals surface area contributed by atoms with Crippen LogP contribution in [0.1, 0.15) is 0 Å². The summed E-state index contributed by atoms with van der Waals surface area (Å²) in [6.07, 6.45) is 0. The Bertz CT molecular complexity index is 806. The smallest absolute Gasteiger partial charge is 0.163 e. The van der Waals surface area contributed by atoms with Gasteiger partial charge < -0.3 is 4.74 Å². The molecule has 7 heteroatoms. The Morgan fingerprint density at radius 2 is 2.05 bits per heavy atom. The Morgan fingerprint density at radius 1 is 1.25 bits per heavy atom. The van der Waals surface area contributed by atoms with E-state index in [1.165, 1.54) is 30.7 Å². The molecule has 0 spiro atoms. The molecule has 2 heterocycles. The first kappa shape index (κ1) is 13.2. The molecule has 3 rings (SSSR count). The molecular formula is C13H7ClF2N2OS. The predicted octanol–water partition coefficient (Wildman–Crippen LogP) is 4.30. The van der Waals surface area contributed by atoms with E-state index in [-0.39, 0.29) is 10.5 Å². The van der Waals surface area contributed by atoms with Crippen LogP contribution in [0, 0.1) is 11.6 Å². The summed E-state index contributed by atoms with van der Waals surface area (Å²) in [6, 6.07) is 4.04. The van der Waals surface area contributed by atoms with Crippen molar-refractivity contribution in [3.05, 3.63) is 40.4 Å². The minimum atomic E-state index is -0.452. The van der Waals surface area contributed by atoms with Crippen LogP contribution in [0.15, 0.2) is 23.6 Å². The highest BCUT2D eigenvalue weighted by Crippen LogP contribution is 2.39. The molecule has 3 nitrogen and oxygen atoms in total. The molecule has 1 aromatic carbocycles. The molecule has 0 aliphatic heterocycles. The molecule has 0 aliphatic rings. The molecule has 0 unspecified atom stereocenters. The van der Waals surface area contributed by atoms with E-state index in [1.807, 2.05) is 0 Å². The number of hydrogen-bond donors (Lipinski definition) is 0. The van der Waals surface area contributed by atoms with Crippen LogP contribution in [0.4, 0.5) is 8.78 Å². The van der Waals surface area contributed by atoms with Crippen molar-refractivity contribution >= 4 is 33.0 Å². The van der Waals surface area contributed by atoms with Crippen LogP contribution in [0.25, 0.3) is 21.3 Å². The lowest BCUT2D eigenvalue weighted by molar-refractivity contribution is 0.413. The van der Waals surface area contributed by atoms with Gasteiger partial charge in [0.05, 0.1) is 17.2 Å². The first-order valence-electron chi connectivity index (χ1n) is 5.54. The number of hydrogen-bond acceptors (Lipinski definition) is 4. The van der Waals surface area contributed by atoms with E-state index in [2.05, 4.69) is 10.2 Å². The van der Waals surface area contributed by atoms with Gasteiger partial charge in [-0.25, -0.2) is 8.78 Å². The summed E-state index contributed by atoms with van der Waals surface area (Å²) < 4.78 is 32.6. The van der Waals surface area contributed by atoms with Gasteiger partial charge in [0.25, 0.3) is 0 Å². The molecular weight excluding hydrogens is 306 g/mol. The van der Waals surface area contributed by atoms with Crippen molar-refractivity contribution < 1.29 is 13.5 Å². The van der Waals surface area contributed by atoms with Crippen molar-refractivity contribution in [2.75, 3.05) is 7.11 Å². The Labute approximate surface area is 121 Å². The summed E-state index contributed by atoms with van der Waals surface area (Å²) >= 11 is 7.03. The molecule has 102 valence electrons. The van der Waals surface area contributed by atoms with Crippen molar-refractivity contribution in [2.45, 2.75) is 0 Å². The van der Waals surface area contributed by atoms with Gasteiger partial charge in [0.15, 0.2) is 5.15 Å². The number of rotatable bonds is 2. The van der Waals surface area contributed by atoms with Crippen LogP contribution in [0.2, 0.25) is 5.15 Å². The SMILES string of the molecule is COc1cc(F)ccc1-c1nnc(Cl)c2c(F)csc12. The third-order valence-corrected chi connectivity index (χ3v) is 4.05. The maximum absolute atomic E-state index is 13.7. The van der Waals surface area contributed by atoms with Gasteiger partial charge in [0.1, 0.15) is 23.1 Å². The number of nitrogens with zero attached hydrogens (tertiary/aromatic N) is 2. The van der Waals surface area contributed by atoms with Gasteiger partial charge in [0, 0.05) is 17.0 Å². The summed E-state index contributed by atoms with van der Waals surface area (Å²) in [6.45, 7) is 0. The highest BCUT2D eigenvalue weighted by atomic mass is 35.5. The van der Waals surface area contributed by atoms with Gasteiger partial charge in [-0.1, -0.05) is 11.6 Å². The normalized spacial score (nSPS) is 11.0. The van der Waals surface area contributed by atoms with Gasteiger partial charge in [0.2, 0.25) is 0 Å². The maximum atomic E-state index is 13.7. The Hall–Kier alpha value is -1.79. The van der Waals surface area contributed by atoms with Crippen LogP contribution in [0.5, 0.6) is 5.75 Å². The fraction of sp³-hybridized carbons (Fsp3) is 0.0769. The maximum Gasteiger partial charge on any atom is 0.163 e. The van der Waals surface area contributed by atoms with Gasteiger partial charge in [-0.05, 0) is 12.1 Å². The van der Waals surface area contributed by atoms with Gasteiger partial charge in [-0.2, -0.15) is 0 Å². The summed E-state index contributed by atoms with van der Waals surface area (Å²) in [5.41, 5.74) is 0.945. The average Bonchev–Trinajstić information content (AvgIpc) is 2.83. The molecule has 3 aromatic rings. The Kier molecular flexibility index (Phi) is 3.27. The predicted molar refractivity (Wildman–Crippen MR) is 74.3 cm³/mol. The number of thiophene rings is 1. The van der Waals surface area contributed by atoms with Crippen molar-refractivity contribution in [3.63, 3.8) is 0 Å². The summed E-state index contributed by atoms with van der Waals surface area (Å²) in [5, 5.41) is 9.29. The first-order valence-corrected chi connectivity index (χ1v) is 6.80. The van der Waals surface area contributed by atoms with Gasteiger partial charge >= 0.3 is 0 Å². The molecule has 0 fully saturated rings. The van der Waals surface area contributed by atoms with E-state index < -0.39 is 11.6 Å².